The first-order valence-electron chi connectivity index (χ1n) is 6.31. The van der Waals surface area contributed by atoms with Gasteiger partial charge in [-0.15, -0.1) is 0 Å². The molecule has 3 rings (SSSR count). The zero-order valence-electron chi connectivity index (χ0n) is 10.2. The fourth-order valence-electron chi connectivity index (χ4n) is 2.36. The van der Waals surface area contributed by atoms with Gasteiger partial charge in [0.15, 0.2) is 0 Å². The zero-order chi connectivity index (χ0) is 12.4. The number of anilines is 1. The first-order chi connectivity index (χ1) is 8.83. The molecule has 4 nitrogen and oxygen atoms in total. The molecule has 0 spiro atoms. The molecule has 2 aromatic rings. The maximum Gasteiger partial charge on any atom is 0.139 e. The van der Waals surface area contributed by atoms with E-state index in [-0.39, 0.29) is 0 Å². The summed E-state index contributed by atoms with van der Waals surface area (Å²) in [4.78, 5) is 4.42. The van der Waals surface area contributed by atoms with E-state index in [9.17, 15) is 0 Å². The van der Waals surface area contributed by atoms with Crippen LogP contribution in [0.3, 0.4) is 0 Å². The minimum Gasteiger partial charge on any atom is -0.399 e. The Bertz CT molecular complexity index is 512. The summed E-state index contributed by atoms with van der Waals surface area (Å²) in [6.07, 6.45) is 6.47. The predicted octanol–water partition coefficient (Wildman–Crippen LogP) is 2.31. The minimum atomic E-state index is 0.326. The molecular weight excluding hydrogens is 226 g/mol. The van der Waals surface area contributed by atoms with E-state index in [1.807, 2.05) is 36.7 Å². The lowest BCUT2D eigenvalue weighted by Gasteiger charge is -2.13. The number of nitrogen functional groups attached to an aromatic ring is 1. The Labute approximate surface area is 106 Å². The molecule has 0 saturated carbocycles. The van der Waals surface area contributed by atoms with Crippen molar-refractivity contribution in [2.24, 2.45) is 0 Å². The molecule has 1 aromatic heterocycles. The maximum absolute atomic E-state index is 5.70. The maximum atomic E-state index is 5.70. The summed E-state index contributed by atoms with van der Waals surface area (Å²) >= 11 is 0. The molecule has 0 bridgehead atoms. The molecule has 1 aromatic carbocycles. The Morgan fingerprint density at radius 1 is 1.33 bits per heavy atom. The number of hydrogen-bond donors (Lipinski definition) is 1. The number of nitrogens with two attached hydrogens (primary N) is 1. The monoisotopic (exact) mass is 243 g/mol. The van der Waals surface area contributed by atoms with E-state index < -0.39 is 0 Å². The summed E-state index contributed by atoms with van der Waals surface area (Å²) in [5.41, 5.74) is 7.57. The van der Waals surface area contributed by atoms with Gasteiger partial charge in [-0.3, -0.25) is 0 Å². The Balaban J connectivity index is 1.84. The molecule has 1 fully saturated rings. The molecule has 1 saturated heterocycles. The molecule has 2 N–H and O–H groups in total. The number of hydrogen-bond acceptors (Lipinski definition) is 3. The second-order valence-corrected chi connectivity index (χ2v) is 4.66. The average Bonchev–Trinajstić information content (AvgIpc) is 3.02. The van der Waals surface area contributed by atoms with Gasteiger partial charge in [0.1, 0.15) is 5.82 Å². The summed E-state index contributed by atoms with van der Waals surface area (Å²) in [6.45, 7) is 1.76. The van der Waals surface area contributed by atoms with Gasteiger partial charge in [0.25, 0.3) is 0 Å². The quantitative estimate of drug-likeness (QED) is 0.842. The molecule has 94 valence electrons. The highest BCUT2D eigenvalue weighted by Gasteiger charge is 2.17. The molecule has 18 heavy (non-hydrogen) atoms. The number of ether oxygens (including phenoxy) is 1. The van der Waals surface area contributed by atoms with Gasteiger partial charge in [-0.2, -0.15) is 0 Å². The number of rotatable bonds is 3. The Morgan fingerprint density at radius 2 is 2.17 bits per heavy atom. The predicted molar refractivity (Wildman–Crippen MR) is 71.0 cm³/mol. The van der Waals surface area contributed by atoms with Crippen molar-refractivity contribution in [1.82, 2.24) is 9.55 Å². The van der Waals surface area contributed by atoms with Gasteiger partial charge in [-0.1, -0.05) is 0 Å². The van der Waals surface area contributed by atoms with Crippen molar-refractivity contribution in [3.05, 3.63) is 36.7 Å². The number of benzene rings is 1. The van der Waals surface area contributed by atoms with E-state index in [0.717, 1.165) is 43.1 Å². The van der Waals surface area contributed by atoms with E-state index in [1.165, 1.54) is 0 Å². The first-order valence-corrected chi connectivity index (χ1v) is 6.31. The highest BCUT2D eigenvalue weighted by molar-refractivity contribution is 5.59. The molecular formula is C14H17N3O. The van der Waals surface area contributed by atoms with Crippen LogP contribution in [0.4, 0.5) is 5.69 Å². The number of nitrogens with zero attached hydrogens (tertiary/aromatic N) is 2. The van der Waals surface area contributed by atoms with Crippen molar-refractivity contribution in [3.63, 3.8) is 0 Å². The van der Waals surface area contributed by atoms with Gasteiger partial charge in [-0.25, -0.2) is 4.98 Å². The van der Waals surface area contributed by atoms with Gasteiger partial charge >= 0.3 is 0 Å². The van der Waals surface area contributed by atoms with Crippen molar-refractivity contribution in [2.45, 2.75) is 25.5 Å². The normalized spacial score (nSPS) is 19.2. The van der Waals surface area contributed by atoms with Gasteiger partial charge in [0.05, 0.1) is 12.6 Å². The molecule has 0 aliphatic carbocycles. The van der Waals surface area contributed by atoms with Crippen LogP contribution in [0, 0.1) is 0 Å². The fourth-order valence-corrected chi connectivity index (χ4v) is 2.36. The van der Waals surface area contributed by atoms with E-state index in [1.54, 1.807) is 0 Å². The third-order valence-corrected chi connectivity index (χ3v) is 3.31. The van der Waals surface area contributed by atoms with E-state index in [2.05, 4.69) is 9.55 Å². The smallest absolute Gasteiger partial charge is 0.139 e. The summed E-state index contributed by atoms with van der Waals surface area (Å²) in [7, 11) is 0. The van der Waals surface area contributed by atoms with Gasteiger partial charge in [0, 0.05) is 30.3 Å². The van der Waals surface area contributed by atoms with Crippen molar-refractivity contribution < 1.29 is 4.74 Å². The third kappa shape index (κ3) is 2.24. The van der Waals surface area contributed by atoms with Gasteiger partial charge < -0.3 is 15.0 Å². The second-order valence-electron chi connectivity index (χ2n) is 4.66. The Kier molecular flexibility index (Phi) is 3.02. The molecule has 0 amide bonds. The van der Waals surface area contributed by atoms with Crippen molar-refractivity contribution in [1.29, 1.82) is 0 Å². The lowest BCUT2D eigenvalue weighted by molar-refractivity contribution is 0.0974. The molecule has 0 radical (unpaired) electrons. The topological polar surface area (TPSA) is 53.1 Å². The molecule has 2 heterocycles. The minimum absolute atomic E-state index is 0.326. The van der Waals surface area contributed by atoms with Crippen molar-refractivity contribution in [3.8, 4) is 11.4 Å². The summed E-state index contributed by atoms with van der Waals surface area (Å²) < 4.78 is 7.82. The van der Waals surface area contributed by atoms with E-state index >= 15 is 0 Å². The highest BCUT2D eigenvalue weighted by Crippen LogP contribution is 2.21. The number of imidazole rings is 1. The summed E-state index contributed by atoms with van der Waals surface area (Å²) in [5.74, 6) is 0.977. The van der Waals surface area contributed by atoms with Crippen LogP contribution in [0.25, 0.3) is 11.4 Å². The Hall–Kier alpha value is -1.81. The first kappa shape index (κ1) is 11.3. The second kappa shape index (κ2) is 4.82. The highest BCUT2D eigenvalue weighted by atomic mass is 16.5. The van der Waals surface area contributed by atoms with Crippen LogP contribution in [0.1, 0.15) is 12.8 Å². The molecule has 1 aliphatic rings. The lowest BCUT2D eigenvalue weighted by atomic mass is 10.2. The molecule has 1 unspecified atom stereocenters. The fraction of sp³-hybridized carbons (Fsp3) is 0.357. The van der Waals surface area contributed by atoms with Crippen LogP contribution < -0.4 is 5.73 Å². The standard InChI is InChI=1S/C14H17N3O/c15-12-5-3-11(4-6-12)14-16-7-8-17(14)10-13-2-1-9-18-13/h3-8,13H,1-2,9-10,15H2. The van der Waals surface area contributed by atoms with Crippen LogP contribution in [0.5, 0.6) is 0 Å². The summed E-state index contributed by atoms with van der Waals surface area (Å²) in [6, 6.07) is 7.81. The third-order valence-electron chi connectivity index (χ3n) is 3.31. The molecule has 1 atom stereocenters. The van der Waals surface area contributed by atoms with E-state index in [4.69, 9.17) is 10.5 Å². The SMILES string of the molecule is Nc1ccc(-c2nccn2CC2CCCO2)cc1. The van der Waals surface area contributed by atoms with Crippen molar-refractivity contribution >= 4 is 5.69 Å². The van der Waals surface area contributed by atoms with E-state index in [0.29, 0.717) is 6.10 Å². The molecule has 4 heteroatoms. The Morgan fingerprint density at radius 3 is 2.89 bits per heavy atom. The number of aromatic nitrogens is 2. The lowest BCUT2D eigenvalue weighted by Crippen LogP contribution is -2.15. The van der Waals surface area contributed by atoms with Gasteiger partial charge in [0.2, 0.25) is 0 Å². The van der Waals surface area contributed by atoms with Crippen LogP contribution in [0.2, 0.25) is 0 Å². The summed E-state index contributed by atoms with van der Waals surface area (Å²) in [5, 5.41) is 0. The van der Waals surface area contributed by atoms with Crippen LogP contribution in [-0.4, -0.2) is 22.3 Å². The molecule has 1 aliphatic heterocycles. The largest absolute Gasteiger partial charge is 0.399 e. The van der Waals surface area contributed by atoms with Crippen LogP contribution >= 0.6 is 0 Å². The van der Waals surface area contributed by atoms with Crippen molar-refractivity contribution in [2.75, 3.05) is 12.3 Å². The zero-order valence-corrected chi connectivity index (χ0v) is 10.2. The van der Waals surface area contributed by atoms with Crippen LogP contribution in [-0.2, 0) is 11.3 Å². The van der Waals surface area contributed by atoms with Crippen LogP contribution in [0.15, 0.2) is 36.7 Å². The average molecular weight is 243 g/mol. The van der Waals surface area contributed by atoms with Gasteiger partial charge in [-0.05, 0) is 37.1 Å².